The number of carbonyl (C=O) groups excluding carboxylic acids is 1. The van der Waals surface area contributed by atoms with E-state index in [2.05, 4.69) is 15.4 Å². The molecule has 0 saturated carbocycles. The third-order valence-corrected chi connectivity index (χ3v) is 3.67. The maximum atomic E-state index is 11.8. The third kappa shape index (κ3) is 2.58. The first-order valence-electron chi connectivity index (χ1n) is 7.10. The van der Waals surface area contributed by atoms with Gasteiger partial charge in [0, 0.05) is 18.0 Å². The van der Waals surface area contributed by atoms with Gasteiger partial charge in [-0.3, -0.25) is 0 Å². The average Bonchev–Trinajstić information content (AvgIpc) is 2.92. The van der Waals surface area contributed by atoms with E-state index < -0.39 is 5.97 Å². The van der Waals surface area contributed by atoms with E-state index in [0.29, 0.717) is 33.9 Å². The lowest BCUT2D eigenvalue weighted by Gasteiger charge is -2.10. The number of aromatic hydroxyl groups is 1. The zero-order valence-corrected chi connectivity index (χ0v) is 13.4. The molecule has 0 saturated heterocycles. The Morgan fingerprint density at radius 3 is 2.79 bits per heavy atom. The standard InChI is InChI=1S/C16H16N4O4/c1-9-11(16(22)24-3)7-20-14(9)15(17-8-18-20)19-10-4-5-13(23-2)12(21)6-10/h4-8,21H,1-3H3,(H,17,18,19). The maximum Gasteiger partial charge on any atom is 0.339 e. The van der Waals surface area contributed by atoms with Crippen LogP contribution in [-0.4, -0.2) is 39.9 Å². The van der Waals surface area contributed by atoms with Gasteiger partial charge in [0.2, 0.25) is 0 Å². The van der Waals surface area contributed by atoms with Crippen molar-refractivity contribution in [2.75, 3.05) is 19.5 Å². The minimum absolute atomic E-state index is 0.00920. The molecule has 2 aromatic heterocycles. The number of hydrogen-bond donors (Lipinski definition) is 2. The highest BCUT2D eigenvalue weighted by Gasteiger charge is 2.18. The second-order valence-electron chi connectivity index (χ2n) is 5.07. The average molecular weight is 328 g/mol. The summed E-state index contributed by atoms with van der Waals surface area (Å²) in [5.41, 5.74) is 2.38. The Morgan fingerprint density at radius 1 is 1.33 bits per heavy atom. The van der Waals surface area contributed by atoms with Crippen LogP contribution >= 0.6 is 0 Å². The number of rotatable bonds is 4. The molecule has 0 spiro atoms. The Morgan fingerprint density at radius 2 is 2.12 bits per heavy atom. The molecule has 3 aromatic rings. The van der Waals surface area contributed by atoms with Gasteiger partial charge in [0.1, 0.15) is 11.8 Å². The Bertz CT molecular complexity index is 920. The van der Waals surface area contributed by atoms with E-state index in [9.17, 15) is 9.90 Å². The molecule has 0 fully saturated rings. The predicted molar refractivity (Wildman–Crippen MR) is 87.0 cm³/mol. The number of aryl methyl sites for hydroxylation is 1. The van der Waals surface area contributed by atoms with Gasteiger partial charge in [-0.25, -0.2) is 14.3 Å². The fourth-order valence-corrected chi connectivity index (χ4v) is 2.47. The van der Waals surface area contributed by atoms with Crippen LogP contribution in [0.3, 0.4) is 0 Å². The number of phenols is 1. The van der Waals surface area contributed by atoms with Crippen LogP contribution in [0, 0.1) is 6.92 Å². The second-order valence-corrected chi connectivity index (χ2v) is 5.07. The quantitative estimate of drug-likeness (QED) is 0.709. The number of phenolic OH excluding ortho intramolecular Hbond substituents is 1. The van der Waals surface area contributed by atoms with Crippen LogP contribution in [0.1, 0.15) is 15.9 Å². The monoisotopic (exact) mass is 328 g/mol. The Balaban J connectivity index is 2.05. The van der Waals surface area contributed by atoms with Gasteiger partial charge in [-0.05, 0) is 24.6 Å². The van der Waals surface area contributed by atoms with Crippen LogP contribution in [0.4, 0.5) is 11.5 Å². The molecule has 0 aliphatic carbocycles. The molecule has 1 aromatic carbocycles. The minimum Gasteiger partial charge on any atom is -0.504 e. The summed E-state index contributed by atoms with van der Waals surface area (Å²) in [6.45, 7) is 1.79. The molecule has 0 radical (unpaired) electrons. The van der Waals surface area contributed by atoms with Crippen molar-refractivity contribution in [1.82, 2.24) is 14.6 Å². The normalized spacial score (nSPS) is 10.6. The molecule has 3 rings (SSSR count). The lowest BCUT2D eigenvalue weighted by atomic mass is 10.2. The molecular formula is C16H16N4O4. The van der Waals surface area contributed by atoms with E-state index in [1.54, 1.807) is 29.8 Å². The largest absolute Gasteiger partial charge is 0.504 e. The van der Waals surface area contributed by atoms with E-state index in [1.165, 1.54) is 26.6 Å². The smallest absolute Gasteiger partial charge is 0.339 e. The first kappa shape index (κ1) is 15.6. The van der Waals surface area contributed by atoms with E-state index in [4.69, 9.17) is 9.47 Å². The number of nitrogens with one attached hydrogen (secondary N) is 1. The number of benzene rings is 1. The number of esters is 1. The van der Waals surface area contributed by atoms with Gasteiger partial charge in [0.05, 0.1) is 19.8 Å². The summed E-state index contributed by atoms with van der Waals surface area (Å²) in [6, 6.07) is 4.91. The van der Waals surface area contributed by atoms with Gasteiger partial charge in [0.15, 0.2) is 17.3 Å². The van der Waals surface area contributed by atoms with Gasteiger partial charge in [-0.2, -0.15) is 5.10 Å². The Kier molecular flexibility index (Phi) is 3.95. The summed E-state index contributed by atoms with van der Waals surface area (Å²) >= 11 is 0. The molecule has 2 N–H and O–H groups in total. The molecule has 0 aliphatic heterocycles. The Labute approximate surface area is 137 Å². The highest BCUT2D eigenvalue weighted by molar-refractivity contribution is 5.95. The van der Waals surface area contributed by atoms with Crippen molar-refractivity contribution >= 4 is 23.0 Å². The van der Waals surface area contributed by atoms with E-state index in [0.717, 1.165) is 0 Å². The van der Waals surface area contributed by atoms with Crippen molar-refractivity contribution < 1.29 is 19.4 Å². The second kappa shape index (κ2) is 6.07. The van der Waals surface area contributed by atoms with Crippen LogP contribution in [0.2, 0.25) is 0 Å². The summed E-state index contributed by atoms with van der Waals surface area (Å²) in [7, 11) is 2.81. The predicted octanol–water partition coefficient (Wildman–Crippen LogP) is 2.28. The molecule has 0 atom stereocenters. The third-order valence-electron chi connectivity index (χ3n) is 3.67. The highest BCUT2D eigenvalue weighted by atomic mass is 16.5. The van der Waals surface area contributed by atoms with Gasteiger partial charge < -0.3 is 19.9 Å². The molecule has 0 amide bonds. The molecule has 8 heteroatoms. The van der Waals surface area contributed by atoms with E-state index >= 15 is 0 Å². The van der Waals surface area contributed by atoms with Crippen molar-refractivity contribution in [2.24, 2.45) is 0 Å². The summed E-state index contributed by atoms with van der Waals surface area (Å²) in [5.74, 6) is 0.448. The van der Waals surface area contributed by atoms with Crippen molar-refractivity contribution in [1.29, 1.82) is 0 Å². The summed E-state index contributed by atoms with van der Waals surface area (Å²) < 4.78 is 11.4. The van der Waals surface area contributed by atoms with Crippen LogP contribution < -0.4 is 10.1 Å². The number of aromatic nitrogens is 3. The molecule has 24 heavy (non-hydrogen) atoms. The molecule has 0 aliphatic rings. The van der Waals surface area contributed by atoms with E-state index in [1.807, 2.05) is 0 Å². The van der Waals surface area contributed by atoms with Crippen molar-refractivity contribution in [3.8, 4) is 11.5 Å². The highest BCUT2D eigenvalue weighted by Crippen LogP contribution is 2.31. The molecule has 0 unspecified atom stereocenters. The van der Waals surface area contributed by atoms with Gasteiger partial charge in [-0.1, -0.05) is 0 Å². The van der Waals surface area contributed by atoms with Crippen LogP contribution in [0.15, 0.2) is 30.7 Å². The zero-order valence-electron chi connectivity index (χ0n) is 13.4. The molecule has 0 bridgehead atoms. The molecule has 124 valence electrons. The summed E-state index contributed by atoms with van der Waals surface area (Å²) in [6.07, 6.45) is 2.97. The topological polar surface area (TPSA) is 98.0 Å². The lowest BCUT2D eigenvalue weighted by Crippen LogP contribution is -2.01. The summed E-state index contributed by atoms with van der Waals surface area (Å²) in [5, 5.41) is 17.1. The van der Waals surface area contributed by atoms with E-state index in [-0.39, 0.29) is 5.75 Å². The lowest BCUT2D eigenvalue weighted by molar-refractivity contribution is 0.0600. The number of carbonyl (C=O) groups is 1. The fourth-order valence-electron chi connectivity index (χ4n) is 2.47. The first-order valence-corrected chi connectivity index (χ1v) is 7.10. The van der Waals surface area contributed by atoms with Gasteiger partial charge >= 0.3 is 5.97 Å². The van der Waals surface area contributed by atoms with Crippen LogP contribution in [0.5, 0.6) is 11.5 Å². The van der Waals surface area contributed by atoms with Crippen molar-refractivity contribution in [3.05, 3.63) is 41.9 Å². The fraction of sp³-hybridized carbons (Fsp3) is 0.188. The first-order chi connectivity index (χ1) is 11.5. The van der Waals surface area contributed by atoms with Crippen LogP contribution in [-0.2, 0) is 4.74 Å². The SMILES string of the molecule is COC(=O)c1cn2ncnc(Nc3ccc(OC)c(O)c3)c2c1C. The molecular weight excluding hydrogens is 312 g/mol. The minimum atomic E-state index is -0.439. The zero-order chi connectivity index (χ0) is 17.3. The number of anilines is 2. The molecule has 8 nitrogen and oxygen atoms in total. The Hall–Kier alpha value is -3.29. The number of methoxy groups -OCH3 is 2. The maximum absolute atomic E-state index is 11.8. The number of nitrogens with zero attached hydrogens (tertiary/aromatic N) is 3. The number of hydrogen-bond acceptors (Lipinski definition) is 7. The number of ether oxygens (including phenoxy) is 2. The van der Waals surface area contributed by atoms with Crippen LogP contribution in [0.25, 0.3) is 5.52 Å². The van der Waals surface area contributed by atoms with Crippen molar-refractivity contribution in [3.63, 3.8) is 0 Å². The molecule has 2 heterocycles. The number of fused-ring (bicyclic) bond motifs is 1. The van der Waals surface area contributed by atoms with Gasteiger partial charge in [0.25, 0.3) is 0 Å². The summed E-state index contributed by atoms with van der Waals surface area (Å²) in [4.78, 5) is 16.1. The van der Waals surface area contributed by atoms with Gasteiger partial charge in [-0.15, -0.1) is 0 Å². The van der Waals surface area contributed by atoms with Crippen molar-refractivity contribution in [2.45, 2.75) is 6.92 Å².